The van der Waals surface area contributed by atoms with E-state index in [-0.39, 0.29) is 10.6 Å². The van der Waals surface area contributed by atoms with Gasteiger partial charge in [-0.05, 0) is 24.6 Å². The summed E-state index contributed by atoms with van der Waals surface area (Å²) >= 11 is 5.62. The fraction of sp³-hybridized carbons (Fsp3) is 0.250. The van der Waals surface area contributed by atoms with Crippen LogP contribution in [0.15, 0.2) is 30.9 Å². The number of hydrogen-bond acceptors (Lipinski definition) is 3. The highest BCUT2D eigenvalue weighted by Gasteiger charge is 2.11. The van der Waals surface area contributed by atoms with Crippen molar-refractivity contribution in [3.63, 3.8) is 0 Å². The summed E-state index contributed by atoms with van der Waals surface area (Å²) in [5.74, 6) is -1.07. The number of amides is 1. The van der Waals surface area contributed by atoms with E-state index in [0.717, 1.165) is 6.07 Å². The van der Waals surface area contributed by atoms with Crippen molar-refractivity contribution >= 4 is 17.5 Å². The van der Waals surface area contributed by atoms with E-state index in [4.69, 9.17) is 11.6 Å². The third-order valence-electron chi connectivity index (χ3n) is 2.49. The molecule has 0 aliphatic carbocycles. The highest BCUT2D eigenvalue weighted by Crippen LogP contribution is 2.14. The summed E-state index contributed by atoms with van der Waals surface area (Å²) in [5.41, 5.74) is -0.00911. The van der Waals surface area contributed by atoms with Crippen molar-refractivity contribution in [2.75, 3.05) is 6.54 Å². The molecule has 0 saturated carbocycles. The summed E-state index contributed by atoms with van der Waals surface area (Å²) in [7, 11) is 0. The standard InChI is InChI=1S/C12H12ClFN4O/c13-9-2-3-10(11(14)6-9)12(19)16-4-1-5-18-8-15-7-17-18/h2-3,6-8H,1,4-5H2,(H,16,19). The second-order valence-electron chi connectivity index (χ2n) is 3.89. The van der Waals surface area contributed by atoms with Crippen LogP contribution in [0.2, 0.25) is 5.02 Å². The molecule has 0 fully saturated rings. The quantitative estimate of drug-likeness (QED) is 0.852. The molecule has 0 aliphatic rings. The molecule has 1 N–H and O–H groups in total. The van der Waals surface area contributed by atoms with Gasteiger partial charge in [0.15, 0.2) is 0 Å². The van der Waals surface area contributed by atoms with Crippen LogP contribution in [0.5, 0.6) is 0 Å². The fourth-order valence-corrected chi connectivity index (χ4v) is 1.72. The van der Waals surface area contributed by atoms with Gasteiger partial charge in [-0.15, -0.1) is 0 Å². The van der Waals surface area contributed by atoms with E-state index in [1.54, 1.807) is 11.0 Å². The van der Waals surface area contributed by atoms with E-state index in [1.165, 1.54) is 18.5 Å². The Morgan fingerprint density at radius 2 is 2.32 bits per heavy atom. The first-order chi connectivity index (χ1) is 9.16. The normalized spacial score (nSPS) is 10.4. The number of aryl methyl sites for hydroxylation is 1. The predicted molar refractivity (Wildman–Crippen MR) is 68.4 cm³/mol. The minimum atomic E-state index is -0.624. The largest absolute Gasteiger partial charge is 0.352 e. The van der Waals surface area contributed by atoms with Gasteiger partial charge in [-0.25, -0.2) is 9.37 Å². The van der Waals surface area contributed by atoms with Gasteiger partial charge in [0.25, 0.3) is 5.91 Å². The van der Waals surface area contributed by atoms with Gasteiger partial charge in [0.2, 0.25) is 0 Å². The molecule has 1 aromatic carbocycles. The van der Waals surface area contributed by atoms with E-state index >= 15 is 0 Å². The summed E-state index contributed by atoms with van der Waals surface area (Å²) in [6.45, 7) is 1.07. The van der Waals surface area contributed by atoms with Crippen LogP contribution in [0.25, 0.3) is 0 Å². The lowest BCUT2D eigenvalue weighted by Gasteiger charge is -2.06. The second kappa shape index (κ2) is 6.29. The summed E-state index contributed by atoms with van der Waals surface area (Å²) < 4.78 is 15.1. The van der Waals surface area contributed by atoms with Crippen molar-refractivity contribution in [2.24, 2.45) is 0 Å². The molecule has 0 spiro atoms. The summed E-state index contributed by atoms with van der Waals surface area (Å²) in [4.78, 5) is 15.5. The van der Waals surface area contributed by atoms with Crippen LogP contribution in [-0.2, 0) is 6.54 Å². The average molecular weight is 283 g/mol. The number of halogens is 2. The number of hydrogen-bond donors (Lipinski definition) is 1. The first-order valence-electron chi connectivity index (χ1n) is 5.72. The Hall–Kier alpha value is -1.95. The zero-order valence-corrected chi connectivity index (χ0v) is 10.8. The number of aromatic nitrogens is 3. The van der Waals surface area contributed by atoms with Crippen LogP contribution in [-0.4, -0.2) is 27.2 Å². The van der Waals surface area contributed by atoms with Crippen LogP contribution in [0.3, 0.4) is 0 Å². The molecule has 0 bridgehead atoms. The third kappa shape index (κ3) is 3.75. The number of rotatable bonds is 5. The SMILES string of the molecule is O=C(NCCCn1cncn1)c1ccc(Cl)cc1F. The Labute approximate surface area is 114 Å². The third-order valence-corrected chi connectivity index (χ3v) is 2.73. The summed E-state index contributed by atoms with van der Waals surface area (Å²) in [6.07, 6.45) is 3.73. The van der Waals surface area contributed by atoms with Crippen LogP contribution < -0.4 is 5.32 Å². The average Bonchev–Trinajstić information content (AvgIpc) is 2.87. The number of nitrogens with one attached hydrogen (secondary N) is 1. The molecule has 5 nitrogen and oxygen atoms in total. The lowest BCUT2D eigenvalue weighted by Crippen LogP contribution is -2.26. The van der Waals surface area contributed by atoms with Crippen molar-refractivity contribution in [1.29, 1.82) is 0 Å². The van der Waals surface area contributed by atoms with E-state index < -0.39 is 11.7 Å². The molecule has 19 heavy (non-hydrogen) atoms. The fourth-order valence-electron chi connectivity index (χ4n) is 1.56. The van der Waals surface area contributed by atoms with Crippen molar-refractivity contribution < 1.29 is 9.18 Å². The Bertz CT molecular complexity index is 559. The smallest absolute Gasteiger partial charge is 0.254 e. The van der Waals surface area contributed by atoms with Gasteiger partial charge >= 0.3 is 0 Å². The Kier molecular flexibility index (Phi) is 4.46. The maximum Gasteiger partial charge on any atom is 0.254 e. The molecule has 0 radical (unpaired) electrons. The number of carbonyl (C=O) groups excluding carboxylic acids is 1. The van der Waals surface area contributed by atoms with Gasteiger partial charge < -0.3 is 5.32 Å². The lowest BCUT2D eigenvalue weighted by atomic mass is 10.2. The molecule has 1 amide bonds. The minimum absolute atomic E-state index is 0.00911. The molecule has 100 valence electrons. The van der Waals surface area contributed by atoms with Crippen LogP contribution in [0.4, 0.5) is 4.39 Å². The molecular weight excluding hydrogens is 271 g/mol. The van der Waals surface area contributed by atoms with Gasteiger partial charge in [0.1, 0.15) is 18.5 Å². The Morgan fingerprint density at radius 1 is 1.47 bits per heavy atom. The first kappa shape index (κ1) is 13.5. The van der Waals surface area contributed by atoms with E-state index in [0.29, 0.717) is 19.5 Å². The monoisotopic (exact) mass is 282 g/mol. The van der Waals surface area contributed by atoms with Crippen molar-refractivity contribution in [2.45, 2.75) is 13.0 Å². The van der Waals surface area contributed by atoms with Gasteiger partial charge in [-0.1, -0.05) is 11.6 Å². The van der Waals surface area contributed by atoms with E-state index in [1.807, 2.05) is 0 Å². The Balaban J connectivity index is 1.81. The number of nitrogens with zero attached hydrogens (tertiary/aromatic N) is 3. The van der Waals surface area contributed by atoms with Crippen LogP contribution in [0.1, 0.15) is 16.8 Å². The topological polar surface area (TPSA) is 59.8 Å². The number of benzene rings is 1. The van der Waals surface area contributed by atoms with Crippen molar-refractivity contribution in [3.8, 4) is 0 Å². The predicted octanol–water partition coefficient (Wildman–Crippen LogP) is 1.89. The number of carbonyl (C=O) groups is 1. The minimum Gasteiger partial charge on any atom is -0.352 e. The molecule has 0 saturated heterocycles. The molecule has 1 aromatic heterocycles. The molecule has 1 heterocycles. The highest BCUT2D eigenvalue weighted by atomic mass is 35.5. The zero-order valence-electron chi connectivity index (χ0n) is 10.0. The Morgan fingerprint density at radius 3 is 3.00 bits per heavy atom. The molecular formula is C12H12ClFN4O. The maximum absolute atomic E-state index is 13.5. The highest BCUT2D eigenvalue weighted by molar-refractivity contribution is 6.30. The van der Waals surface area contributed by atoms with Crippen LogP contribution in [0, 0.1) is 5.82 Å². The molecule has 0 unspecified atom stereocenters. The van der Waals surface area contributed by atoms with Gasteiger partial charge in [-0.2, -0.15) is 5.10 Å². The van der Waals surface area contributed by atoms with Crippen LogP contribution >= 0.6 is 11.6 Å². The molecule has 0 aliphatic heterocycles. The lowest BCUT2D eigenvalue weighted by molar-refractivity contribution is 0.0948. The van der Waals surface area contributed by atoms with Crippen molar-refractivity contribution in [3.05, 3.63) is 47.3 Å². The van der Waals surface area contributed by atoms with E-state index in [9.17, 15) is 9.18 Å². The van der Waals surface area contributed by atoms with E-state index in [2.05, 4.69) is 15.4 Å². The summed E-state index contributed by atoms with van der Waals surface area (Å²) in [6, 6.07) is 3.96. The molecule has 0 atom stereocenters. The van der Waals surface area contributed by atoms with Gasteiger partial charge in [-0.3, -0.25) is 9.48 Å². The van der Waals surface area contributed by atoms with Gasteiger partial charge in [0.05, 0.1) is 5.56 Å². The zero-order chi connectivity index (χ0) is 13.7. The van der Waals surface area contributed by atoms with Gasteiger partial charge in [0, 0.05) is 18.1 Å². The maximum atomic E-state index is 13.5. The summed E-state index contributed by atoms with van der Waals surface area (Å²) in [5, 5.41) is 6.84. The van der Waals surface area contributed by atoms with Crippen molar-refractivity contribution in [1.82, 2.24) is 20.1 Å². The molecule has 2 aromatic rings. The second-order valence-corrected chi connectivity index (χ2v) is 4.33. The molecule has 7 heteroatoms. The first-order valence-corrected chi connectivity index (χ1v) is 6.10. The molecule has 2 rings (SSSR count).